The molecule has 0 aromatic heterocycles. The van der Waals surface area contributed by atoms with E-state index < -0.39 is 0 Å². The van der Waals surface area contributed by atoms with Gasteiger partial charge in [0.2, 0.25) is 0 Å². The Kier molecular flexibility index (Phi) is 7.23. The fourth-order valence-corrected chi connectivity index (χ4v) is 1.19. The first-order chi connectivity index (χ1) is 5.35. The smallest absolute Gasteiger partial charge is 0.0317 e. The molecule has 0 heterocycles. The average Bonchev–Trinajstić information content (AvgIpc) is 2.03. The minimum Gasteiger partial charge on any atom is -0.103 e. The molecule has 0 saturated carbocycles. The molecule has 0 rings (SSSR count). The van der Waals surface area contributed by atoms with E-state index in [-0.39, 0.29) is 0 Å². The summed E-state index contributed by atoms with van der Waals surface area (Å²) in [6, 6.07) is 0. The molecule has 0 bridgehead atoms. The number of hydrogen-bond donors (Lipinski definition) is 0. The van der Waals surface area contributed by atoms with Gasteiger partial charge in [0.1, 0.15) is 0 Å². The molecule has 0 unspecified atom stereocenters. The summed E-state index contributed by atoms with van der Waals surface area (Å²) < 4.78 is 0. The zero-order valence-corrected chi connectivity index (χ0v) is 7.90. The van der Waals surface area contributed by atoms with E-state index >= 15 is 0 Å². The molecule has 0 atom stereocenters. The van der Waals surface area contributed by atoms with Crippen molar-refractivity contribution < 1.29 is 0 Å². The van der Waals surface area contributed by atoms with Gasteiger partial charge in [-0.15, -0.1) is 6.58 Å². The zero-order valence-electron chi connectivity index (χ0n) is 7.90. The molecule has 0 aliphatic heterocycles. The third kappa shape index (κ3) is 5.90. The van der Waals surface area contributed by atoms with Crippen LogP contribution in [-0.2, 0) is 0 Å². The maximum atomic E-state index is 3.71. The average molecular weight is 152 g/mol. The van der Waals surface area contributed by atoms with E-state index in [1.165, 1.54) is 25.7 Å². The third-order valence-electron chi connectivity index (χ3n) is 1.85. The predicted molar refractivity (Wildman–Crippen MR) is 52.7 cm³/mol. The summed E-state index contributed by atoms with van der Waals surface area (Å²) in [6.07, 6.45) is 10.4. The molecular weight excluding hydrogens is 132 g/mol. The normalized spacial score (nSPS) is 11.6. The zero-order chi connectivity index (χ0) is 8.53. The number of hydrogen-bond acceptors (Lipinski definition) is 0. The summed E-state index contributed by atoms with van der Waals surface area (Å²) in [5, 5.41) is 0. The highest BCUT2D eigenvalue weighted by Crippen LogP contribution is 2.11. The van der Waals surface area contributed by atoms with Crippen molar-refractivity contribution >= 4 is 0 Å². The predicted octanol–water partition coefficient (Wildman–Crippen LogP) is 4.09. The maximum absolute atomic E-state index is 3.71. The lowest BCUT2D eigenvalue weighted by Crippen LogP contribution is -1.81. The van der Waals surface area contributed by atoms with Crippen molar-refractivity contribution in [1.29, 1.82) is 0 Å². The Bertz CT molecular complexity index is 120. The van der Waals surface area contributed by atoms with Crippen LogP contribution in [-0.4, -0.2) is 0 Å². The Hall–Kier alpha value is -0.520. The van der Waals surface area contributed by atoms with Crippen molar-refractivity contribution in [2.24, 2.45) is 0 Å². The Morgan fingerprint density at radius 3 is 2.55 bits per heavy atom. The standard InChI is InChI=1S/C11H20/c1-4-7-8-10-11(6-3)9-5-2/h4,9H,1,5-8,10H2,2-3H3/b11-9+. The van der Waals surface area contributed by atoms with E-state index in [0.29, 0.717) is 0 Å². The molecular formula is C11H20. The SMILES string of the molecule is C=CCCC/C(=C/CC)CC. The molecule has 0 spiro atoms. The van der Waals surface area contributed by atoms with Crippen LogP contribution in [0.2, 0.25) is 0 Å². The molecule has 0 aromatic rings. The van der Waals surface area contributed by atoms with Crippen LogP contribution in [0.4, 0.5) is 0 Å². The van der Waals surface area contributed by atoms with Gasteiger partial charge in [-0.1, -0.05) is 31.6 Å². The number of rotatable bonds is 6. The van der Waals surface area contributed by atoms with Gasteiger partial charge < -0.3 is 0 Å². The van der Waals surface area contributed by atoms with Crippen LogP contribution in [0.25, 0.3) is 0 Å². The van der Waals surface area contributed by atoms with Gasteiger partial charge >= 0.3 is 0 Å². The van der Waals surface area contributed by atoms with Crippen LogP contribution in [0.5, 0.6) is 0 Å². The van der Waals surface area contributed by atoms with Gasteiger partial charge in [0.15, 0.2) is 0 Å². The number of unbranched alkanes of at least 4 members (excludes halogenated alkanes) is 1. The van der Waals surface area contributed by atoms with Gasteiger partial charge in [-0.25, -0.2) is 0 Å². The van der Waals surface area contributed by atoms with Gasteiger partial charge in [0, 0.05) is 0 Å². The highest BCUT2D eigenvalue weighted by molar-refractivity contribution is 5.00. The molecule has 0 fully saturated rings. The van der Waals surface area contributed by atoms with E-state index in [0.717, 1.165) is 6.42 Å². The van der Waals surface area contributed by atoms with Crippen LogP contribution < -0.4 is 0 Å². The van der Waals surface area contributed by atoms with E-state index in [1.54, 1.807) is 5.57 Å². The van der Waals surface area contributed by atoms with Crippen molar-refractivity contribution in [3.63, 3.8) is 0 Å². The Labute approximate surface area is 71.0 Å². The molecule has 11 heavy (non-hydrogen) atoms. The van der Waals surface area contributed by atoms with Crippen LogP contribution in [0, 0.1) is 0 Å². The summed E-state index contributed by atoms with van der Waals surface area (Å²) >= 11 is 0. The molecule has 0 radical (unpaired) electrons. The molecule has 0 aromatic carbocycles. The van der Waals surface area contributed by atoms with Crippen molar-refractivity contribution in [1.82, 2.24) is 0 Å². The van der Waals surface area contributed by atoms with Crippen molar-refractivity contribution in [2.75, 3.05) is 0 Å². The topological polar surface area (TPSA) is 0 Å². The van der Waals surface area contributed by atoms with Crippen LogP contribution in [0.1, 0.15) is 46.0 Å². The molecule has 0 aliphatic rings. The van der Waals surface area contributed by atoms with Crippen LogP contribution in [0.15, 0.2) is 24.3 Å². The molecule has 0 saturated heterocycles. The molecule has 0 amide bonds. The second kappa shape index (κ2) is 7.59. The van der Waals surface area contributed by atoms with Crippen molar-refractivity contribution in [2.45, 2.75) is 46.0 Å². The van der Waals surface area contributed by atoms with E-state index in [9.17, 15) is 0 Å². The summed E-state index contributed by atoms with van der Waals surface area (Å²) in [5.41, 5.74) is 1.61. The second-order valence-corrected chi connectivity index (χ2v) is 2.81. The van der Waals surface area contributed by atoms with E-state index in [2.05, 4.69) is 26.5 Å². The monoisotopic (exact) mass is 152 g/mol. The summed E-state index contributed by atoms with van der Waals surface area (Å²) in [5.74, 6) is 0. The number of allylic oxidation sites excluding steroid dienone is 3. The molecule has 0 N–H and O–H groups in total. The summed E-state index contributed by atoms with van der Waals surface area (Å²) in [7, 11) is 0. The minimum absolute atomic E-state index is 1.15. The third-order valence-corrected chi connectivity index (χ3v) is 1.85. The van der Waals surface area contributed by atoms with Crippen LogP contribution in [0.3, 0.4) is 0 Å². The lowest BCUT2D eigenvalue weighted by atomic mass is 10.1. The lowest BCUT2D eigenvalue weighted by molar-refractivity contribution is 0.798. The van der Waals surface area contributed by atoms with Crippen LogP contribution >= 0.6 is 0 Å². The molecule has 0 aliphatic carbocycles. The van der Waals surface area contributed by atoms with E-state index in [4.69, 9.17) is 0 Å². The fraction of sp³-hybridized carbons (Fsp3) is 0.636. The van der Waals surface area contributed by atoms with E-state index in [1.807, 2.05) is 6.08 Å². The fourth-order valence-electron chi connectivity index (χ4n) is 1.19. The highest BCUT2D eigenvalue weighted by atomic mass is 14.0. The van der Waals surface area contributed by atoms with Gasteiger partial charge in [-0.3, -0.25) is 0 Å². The largest absolute Gasteiger partial charge is 0.103 e. The molecule has 0 nitrogen and oxygen atoms in total. The van der Waals surface area contributed by atoms with Gasteiger partial charge in [-0.2, -0.15) is 0 Å². The molecule has 0 heteroatoms. The lowest BCUT2D eigenvalue weighted by Gasteiger charge is -2.01. The van der Waals surface area contributed by atoms with Gasteiger partial charge in [0.25, 0.3) is 0 Å². The Morgan fingerprint density at radius 2 is 2.09 bits per heavy atom. The molecule has 64 valence electrons. The minimum atomic E-state index is 1.15. The van der Waals surface area contributed by atoms with Gasteiger partial charge in [0.05, 0.1) is 0 Å². The quantitative estimate of drug-likeness (QED) is 0.397. The van der Waals surface area contributed by atoms with Crippen molar-refractivity contribution in [3.05, 3.63) is 24.3 Å². The Morgan fingerprint density at radius 1 is 1.36 bits per heavy atom. The van der Waals surface area contributed by atoms with Crippen molar-refractivity contribution in [3.8, 4) is 0 Å². The summed E-state index contributed by atoms with van der Waals surface area (Å²) in [6.45, 7) is 8.14. The maximum Gasteiger partial charge on any atom is -0.0317 e. The first-order valence-electron chi connectivity index (χ1n) is 4.63. The highest BCUT2D eigenvalue weighted by Gasteiger charge is 1.91. The first-order valence-corrected chi connectivity index (χ1v) is 4.63. The summed E-state index contributed by atoms with van der Waals surface area (Å²) in [4.78, 5) is 0. The van der Waals surface area contributed by atoms with Gasteiger partial charge in [-0.05, 0) is 32.1 Å². The first kappa shape index (κ1) is 10.5. The Balaban J connectivity index is 3.51. The second-order valence-electron chi connectivity index (χ2n) is 2.81.